The average molecular weight is 122 g/mol. The van der Waals surface area contributed by atoms with Gasteiger partial charge in [-0.1, -0.05) is 5.92 Å². The summed E-state index contributed by atoms with van der Waals surface area (Å²) in [6.07, 6.45) is 2.69. The first kappa shape index (κ1) is 6.64. The van der Waals surface area contributed by atoms with Gasteiger partial charge in [0.1, 0.15) is 0 Å². The highest BCUT2D eigenvalue weighted by Gasteiger charge is 2.08. The molecule has 1 heterocycles. The van der Waals surface area contributed by atoms with E-state index in [0.29, 0.717) is 0 Å². The first-order chi connectivity index (χ1) is 4.43. The van der Waals surface area contributed by atoms with E-state index < -0.39 is 0 Å². The molecule has 49 valence electrons. The van der Waals surface area contributed by atoms with E-state index in [1.807, 2.05) is 0 Å². The Bertz CT molecular complexity index is 123. The van der Waals surface area contributed by atoms with E-state index >= 15 is 0 Å². The minimum atomic E-state index is 0.920. The van der Waals surface area contributed by atoms with Crippen LogP contribution in [0, 0.1) is 18.8 Å². The average Bonchev–Trinajstić information content (AvgIpc) is 2.34. The van der Waals surface area contributed by atoms with Crippen molar-refractivity contribution in [2.45, 2.75) is 12.8 Å². The Kier molecular flexibility index (Phi) is 2.60. The van der Waals surface area contributed by atoms with Crippen LogP contribution in [0.1, 0.15) is 12.8 Å². The van der Waals surface area contributed by atoms with Crippen molar-refractivity contribution in [3.63, 3.8) is 0 Å². The van der Waals surface area contributed by atoms with Gasteiger partial charge in [-0.3, -0.25) is 4.90 Å². The Hall–Kier alpha value is -0.480. The summed E-state index contributed by atoms with van der Waals surface area (Å²) in [5, 5.41) is 0. The maximum atomic E-state index is 3.46. The molecule has 9 heavy (non-hydrogen) atoms. The molecule has 0 aromatic rings. The summed E-state index contributed by atoms with van der Waals surface area (Å²) in [7, 11) is 0. The Morgan fingerprint density at radius 2 is 2.00 bits per heavy atom. The summed E-state index contributed by atoms with van der Waals surface area (Å²) in [5.41, 5.74) is 0. The molecule has 0 saturated carbocycles. The lowest BCUT2D eigenvalue weighted by atomic mass is 10.4. The Morgan fingerprint density at radius 1 is 1.33 bits per heavy atom. The van der Waals surface area contributed by atoms with Gasteiger partial charge in [0.15, 0.2) is 0 Å². The van der Waals surface area contributed by atoms with Crippen molar-refractivity contribution in [1.82, 2.24) is 4.90 Å². The van der Waals surface area contributed by atoms with Crippen molar-refractivity contribution in [2.75, 3.05) is 19.6 Å². The molecule has 1 radical (unpaired) electrons. The van der Waals surface area contributed by atoms with Crippen LogP contribution < -0.4 is 0 Å². The molecule has 0 atom stereocenters. The van der Waals surface area contributed by atoms with E-state index in [0.717, 1.165) is 6.54 Å². The molecule has 1 heteroatoms. The molecule has 0 spiro atoms. The molecule has 1 aliphatic rings. The number of rotatable bonds is 1. The maximum absolute atomic E-state index is 3.46. The fourth-order valence-electron chi connectivity index (χ4n) is 1.11. The third-order valence-electron chi connectivity index (χ3n) is 1.63. The van der Waals surface area contributed by atoms with Gasteiger partial charge in [-0.05, 0) is 25.9 Å². The minimum Gasteiger partial charge on any atom is -0.292 e. The molecular weight excluding hydrogens is 110 g/mol. The summed E-state index contributed by atoms with van der Waals surface area (Å²) in [5.74, 6) is 5.61. The van der Waals surface area contributed by atoms with Gasteiger partial charge >= 0.3 is 0 Å². The molecule has 0 aliphatic carbocycles. The lowest BCUT2D eigenvalue weighted by Gasteiger charge is -2.07. The number of hydrogen-bond donors (Lipinski definition) is 0. The van der Waals surface area contributed by atoms with Crippen LogP contribution in [0.5, 0.6) is 0 Å². The predicted molar refractivity (Wildman–Crippen MR) is 38.8 cm³/mol. The fraction of sp³-hybridized carbons (Fsp3) is 0.625. The predicted octanol–water partition coefficient (Wildman–Crippen LogP) is 0.920. The molecule has 0 unspecified atom stereocenters. The van der Waals surface area contributed by atoms with Gasteiger partial charge in [0.05, 0.1) is 6.54 Å². The second-order valence-electron chi connectivity index (χ2n) is 2.34. The van der Waals surface area contributed by atoms with Crippen molar-refractivity contribution >= 4 is 0 Å². The molecule has 1 rings (SSSR count). The van der Waals surface area contributed by atoms with Gasteiger partial charge in [-0.25, -0.2) is 0 Å². The van der Waals surface area contributed by atoms with E-state index in [2.05, 4.69) is 23.7 Å². The van der Waals surface area contributed by atoms with E-state index in [-0.39, 0.29) is 0 Å². The molecule has 0 bridgehead atoms. The summed E-state index contributed by atoms with van der Waals surface area (Å²) >= 11 is 0. The third kappa shape index (κ3) is 2.07. The summed E-state index contributed by atoms with van der Waals surface area (Å²) in [6.45, 7) is 6.84. The standard InChI is InChI=1S/C8H12N/c1-2-3-6-9-7-4-5-8-9/h1,4-8H2. The van der Waals surface area contributed by atoms with E-state index in [1.54, 1.807) is 0 Å². The second kappa shape index (κ2) is 3.53. The molecule has 1 saturated heterocycles. The topological polar surface area (TPSA) is 3.24 Å². The largest absolute Gasteiger partial charge is 0.292 e. The van der Waals surface area contributed by atoms with Gasteiger partial charge in [-0.2, -0.15) is 0 Å². The third-order valence-corrected chi connectivity index (χ3v) is 1.63. The van der Waals surface area contributed by atoms with E-state index in [4.69, 9.17) is 0 Å². The van der Waals surface area contributed by atoms with Crippen LogP contribution in [0.3, 0.4) is 0 Å². The van der Waals surface area contributed by atoms with Gasteiger partial charge in [-0.15, -0.1) is 5.92 Å². The smallest absolute Gasteiger partial charge is 0.0601 e. The molecule has 1 fully saturated rings. The van der Waals surface area contributed by atoms with E-state index in [1.165, 1.54) is 25.9 Å². The molecular formula is C8H12N. The molecule has 0 amide bonds. The molecule has 0 aromatic carbocycles. The lowest BCUT2D eigenvalue weighted by molar-refractivity contribution is 0.383. The monoisotopic (exact) mass is 122 g/mol. The van der Waals surface area contributed by atoms with Gasteiger partial charge in [0.2, 0.25) is 0 Å². The minimum absolute atomic E-state index is 0.920. The van der Waals surface area contributed by atoms with Crippen molar-refractivity contribution in [2.24, 2.45) is 0 Å². The normalized spacial score (nSPS) is 19.2. The van der Waals surface area contributed by atoms with Crippen LogP contribution >= 0.6 is 0 Å². The highest BCUT2D eigenvalue weighted by atomic mass is 15.1. The molecule has 1 nitrogen and oxygen atoms in total. The quantitative estimate of drug-likeness (QED) is 0.467. The molecule has 1 aliphatic heterocycles. The van der Waals surface area contributed by atoms with Crippen molar-refractivity contribution in [1.29, 1.82) is 0 Å². The second-order valence-corrected chi connectivity index (χ2v) is 2.34. The lowest BCUT2D eigenvalue weighted by Crippen LogP contribution is -2.18. The zero-order chi connectivity index (χ0) is 6.53. The highest BCUT2D eigenvalue weighted by molar-refractivity contribution is 5.03. The van der Waals surface area contributed by atoms with Gasteiger partial charge in [0, 0.05) is 6.92 Å². The van der Waals surface area contributed by atoms with Crippen LogP contribution in [0.15, 0.2) is 0 Å². The zero-order valence-electron chi connectivity index (χ0n) is 5.69. The van der Waals surface area contributed by atoms with Crippen molar-refractivity contribution in [3.05, 3.63) is 6.92 Å². The maximum Gasteiger partial charge on any atom is 0.0601 e. The SMILES string of the molecule is [CH2]C#CCN1CCCC1. The number of nitrogens with zero attached hydrogens (tertiary/aromatic N) is 1. The van der Waals surface area contributed by atoms with Gasteiger partial charge < -0.3 is 0 Å². The van der Waals surface area contributed by atoms with Gasteiger partial charge in [0.25, 0.3) is 0 Å². The van der Waals surface area contributed by atoms with Crippen LogP contribution in [0.25, 0.3) is 0 Å². The molecule has 0 aromatic heterocycles. The zero-order valence-corrected chi connectivity index (χ0v) is 5.69. The summed E-state index contributed by atoms with van der Waals surface area (Å²) < 4.78 is 0. The number of likely N-dealkylation sites (tertiary alicyclic amines) is 1. The molecule has 0 N–H and O–H groups in total. The van der Waals surface area contributed by atoms with Crippen LogP contribution in [-0.4, -0.2) is 24.5 Å². The van der Waals surface area contributed by atoms with Crippen LogP contribution in [0.4, 0.5) is 0 Å². The van der Waals surface area contributed by atoms with Crippen LogP contribution in [-0.2, 0) is 0 Å². The fourth-order valence-corrected chi connectivity index (χ4v) is 1.11. The Balaban J connectivity index is 2.16. The summed E-state index contributed by atoms with van der Waals surface area (Å²) in [6, 6.07) is 0. The summed E-state index contributed by atoms with van der Waals surface area (Å²) in [4.78, 5) is 2.36. The Labute approximate surface area is 57.0 Å². The van der Waals surface area contributed by atoms with Crippen molar-refractivity contribution < 1.29 is 0 Å². The highest BCUT2D eigenvalue weighted by Crippen LogP contribution is 2.04. The van der Waals surface area contributed by atoms with E-state index in [9.17, 15) is 0 Å². The van der Waals surface area contributed by atoms with Crippen LogP contribution in [0.2, 0.25) is 0 Å². The number of hydrogen-bond acceptors (Lipinski definition) is 1. The van der Waals surface area contributed by atoms with Crippen molar-refractivity contribution in [3.8, 4) is 11.8 Å². The first-order valence-electron chi connectivity index (χ1n) is 3.41. The Morgan fingerprint density at radius 3 is 2.56 bits per heavy atom. The first-order valence-corrected chi connectivity index (χ1v) is 3.41.